The Balaban J connectivity index is 4.39. The van der Waals surface area contributed by atoms with Gasteiger partial charge in [0.25, 0.3) is 0 Å². The van der Waals surface area contributed by atoms with Crippen molar-refractivity contribution in [1.82, 2.24) is 0 Å². The lowest BCUT2D eigenvalue weighted by atomic mass is 10.0. The summed E-state index contributed by atoms with van der Waals surface area (Å²) in [5, 5.41) is 0. The van der Waals surface area contributed by atoms with Crippen LogP contribution < -0.4 is 0 Å². The summed E-state index contributed by atoms with van der Waals surface area (Å²) in [6.07, 6.45) is 96.8. The lowest BCUT2D eigenvalue weighted by molar-refractivity contribution is -0.167. The number of ether oxygens (including phenoxy) is 3. The fourth-order valence-electron chi connectivity index (χ4n) is 10.1. The number of allylic oxidation sites excluding steroid dienone is 18. The summed E-state index contributed by atoms with van der Waals surface area (Å²) in [6, 6.07) is 0. The van der Waals surface area contributed by atoms with Gasteiger partial charge in [-0.3, -0.25) is 14.4 Å². The van der Waals surface area contributed by atoms with Crippen LogP contribution in [0.3, 0.4) is 0 Å². The molecule has 0 amide bonds. The molecule has 0 aliphatic rings. The average molecular weight is 1150 g/mol. The van der Waals surface area contributed by atoms with Crippen LogP contribution in [0.2, 0.25) is 0 Å². The molecule has 0 aromatic heterocycles. The van der Waals surface area contributed by atoms with Gasteiger partial charge in [-0.1, -0.05) is 329 Å². The molecule has 0 fully saturated rings. The molecule has 6 nitrogen and oxygen atoms in total. The zero-order valence-electron chi connectivity index (χ0n) is 54.7. The normalized spacial score (nSPS) is 12.8. The summed E-state index contributed by atoms with van der Waals surface area (Å²) in [5.74, 6) is -0.894. The van der Waals surface area contributed by atoms with Crippen molar-refractivity contribution in [1.29, 1.82) is 0 Å². The van der Waals surface area contributed by atoms with E-state index < -0.39 is 6.10 Å². The van der Waals surface area contributed by atoms with Crippen LogP contribution in [0.15, 0.2) is 109 Å². The van der Waals surface area contributed by atoms with Gasteiger partial charge in [0.1, 0.15) is 13.2 Å². The highest BCUT2D eigenvalue weighted by atomic mass is 16.6. The fraction of sp³-hybridized carbons (Fsp3) is 0.727. The quantitative estimate of drug-likeness (QED) is 0.0261. The first-order valence-electron chi connectivity index (χ1n) is 35.4. The molecule has 0 bridgehead atoms. The minimum atomic E-state index is -0.791. The molecule has 1 unspecified atom stereocenters. The Bertz CT molecular complexity index is 1660. The van der Waals surface area contributed by atoms with E-state index in [2.05, 4.69) is 130 Å². The van der Waals surface area contributed by atoms with Crippen LogP contribution >= 0.6 is 0 Å². The third-order valence-corrected chi connectivity index (χ3v) is 15.3. The Kier molecular flexibility index (Phi) is 67.2. The summed E-state index contributed by atoms with van der Waals surface area (Å²) in [4.78, 5) is 38.5. The predicted octanol–water partition coefficient (Wildman–Crippen LogP) is 24.6. The second-order valence-electron chi connectivity index (χ2n) is 23.4. The van der Waals surface area contributed by atoms with Crippen LogP contribution in [0.5, 0.6) is 0 Å². The maximum Gasteiger partial charge on any atom is 0.306 e. The molecule has 0 radical (unpaired) electrons. The van der Waals surface area contributed by atoms with Gasteiger partial charge in [-0.15, -0.1) is 0 Å². The van der Waals surface area contributed by atoms with Gasteiger partial charge in [-0.05, 0) is 103 Å². The van der Waals surface area contributed by atoms with E-state index in [0.29, 0.717) is 19.3 Å². The Morgan fingerprint density at radius 2 is 0.470 bits per heavy atom. The van der Waals surface area contributed by atoms with Crippen LogP contribution in [0, 0.1) is 0 Å². The van der Waals surface area contributed by atoms with Crippen molar-refractivity contribution in [2.75, 3.05) is 13.2 Å². The molecule has 0 N–H and O–H groups in total. The van der Waals surface area contributed by atoms with Gasteiger partial charge in [0.05, 0.1) is 0 Å². The van der Waals surface area contributed by atoms with Gasteiger partial charge in [0.15, 0.2) is 6.10 Å². The SMILES string of the molecule is CC/C=C\C/C=C\C/C=C\C/C=C\C/C=C\C/C=C\CCCCCCCCC(=O)OCC(COC(=O)CCCCCCCCC/C=C\C/C=C\C/C=C\CC)OC(=O)CCCCCCCCCCCCCCCCCCCCCCCCC. The molecule has 6 heteroatoms. The zero-order chi connectivity index (χ0) is 59.9. The summed E-state index contributed by atoms with van der Waals surface area (Å²) in [7, 11) is 0. The van der Waals surface area contributed by atoms with Crippen molar-refractivity contribution in [2.24, 2.45) is 0 Å². The summed E-state index contributed by atoms with van der Waals surface area (Å²) in [5.41, 5.74) is 0. The average Bonchev–Trinajstić information content (AvgIpc) is 3.49. The second kappa shape index (κ2) is 70.6. The summed E-state index contributed by atoms with van der Waals surface area (Å²) < 4.78 is 17.0. The van der Waals surface area contributed by atoms with Crippen LogP contribution in [0.4, 0.5) is 0 Å². The van der Waals surface area contributed by atoms with E-state index in [1.54, 1.807) is 0 Å². The first kappa shape index (κ1) is 79.1. The molecule has 0 rings (SSSR count). The smallest absolute Gasteiger partial charge is 0.306 e. The Hall–Kier alpha value is -3.93. The van der Waals surface area contributed by atoms with Crippen molar-refractivity contribution in [3.8, 4) is 0 Å². The van der Waals surface area contributed by atoms with Crippen molar-refractivity contribution < 1.29 is 28.6 Å². The highest BCUT2D eigenvalue weighted by Crippen LogP contribution is 2.18. The minimum absolute atomic E-state index is 0.0864. The lowest BCUT2D eigenvalue weighted by Crippen LogP contribution is -2.30. The van der Waals surface area contributed by atoms with Crippen LogP contribution in [0.1, 0.15) is 342 Å². The maximum absolute atomic E-state index is 13.0. The summed E-state index contributed by atoms with van der Waals surface area (Å²) in [6.45, 7) is 6.44. The highest BCUT2D eigenvalue weighted by molar-refractivity contribution is 5.71. The van der Waals surface area contributed by atoms with Crippen LogP contribution in [-0.2, 0) is 28.6 Å². The zero-order valence-corrected chi connectivity index (χ0v) is 54.7. The fourth-order valence-corrected chi connectivity index (χ4v) is 10.1. The number of unbranched alkanes of at least 4 members (excludes halogenated alkanes) is 35. The van der Waals surface area contributed by atoms with E-state index in [4.69, 9.17) is 14.2 Å². The lowest BCUT2D eigenvalue weighted by Gasteiger charge is -2.18. The van der Waals surface area contributed by atoms with E-state index in [1.165, 1.54) is 167 Å². The Morgan fingerprint density at radius 3 is 0.735 bits per heavy atom. The topological polar surface area (TPSA) is 78.9 Å². The van der Waals surface area contributed by atoms with Gasteiger partial charge < -0.3 is 14.2 Å². The Morgan fingerprint density at radius 1 is 0.253 bits per heavy atom. The van der Waals surface area contributed by atoms with Crippen molar-refractivity contribution >= 4 is 17.9 Å². The third-order valence-electron chi connectivity index (χ3n) is 15.3. The molecule has 1 atom stereocenters. The molecule has 476 valence electrons. The van der Waals surface area contributed by atoms with E-state index in [0.717, 1.165) is 135 Å². The number of hydrogen-bond acceptors (Lipinski definition) is 6. The predicted molar refractivity (Wildman–Crippen MR) is 362 cm³/mol. The van der Waals surface area contributed by atoms with Crippen LogP contribution in [-0.4, -0.2) is 37.2 Å². The molecule has 0 saturated carbocycles. The molecule has 83 heavy (non-hydrogen) atoms. The molecule has 0 heterocycles. The largest absolute Gasteiger partial charge is 0.462 e. The minimum Gasteiger partial charge on any atom is -0.462 e. The summed E-state index contributed by atoms with van der Waals surface area (Å²) >= 11 is 0. The molecule has 0 aromatic carbocycles. The molecular formula is C77H132O6. The Labute approximate surface area is 514 Å². The van der Waals surface area contributed by atoms with Gasteiger partial charge in [0.2, 0.25) is 0 Å². The number of hydrogen-bond donors (Lipinski definition) is 0. The third kappa shape index (κ3) is 68.7. The molecule has 0 aliphatic carbocycles. The van der Waals surface area contributed by atoms with E-state index in [9.17, 15) is 14.4 Å². The molecule has 0 spiro atoms. The van der Waals surface area contributed by atoms with E-state index >= 15 is 0 Å². The number of carbonyl (C=O) groups excluding carboxylic acids is 3. The van der Waals surface area contributed by atoms with E-state index in [1.807, 2.05) is 0 Å². The van der Waals surface area contributed by atoms with Crippen molar-refractivity contribution in [3.63, 3.8) is 0 Å². The highest BCUT2D eigenvalue weighted by Gasteiger charge is 2.19. The number of esters is 3. The number of carbonyl (C=O) groups is 3. The number of rotatable bonds is 64. The van der Waals surface area contributed by atoms with Gasteiger partial charge in [0, 0.05) is 19.3 Å². The molecule has 0 saturated heterocycles. The second-order valence-corrected chi connectivity index (χ2v) is 23.4. The van der Waals surface area contributed by atoms with Crippen molar-refractivity contribution in [2.45, 2.75) is 348 Å². The van der Waals surface area contributed by atoms with Gasteiger partial charge in [-0.2, -0.15) is 0 Å². The van der Waals surface area contributed by atoms with Gasteiger partial charge in [-0.25, -0.2) is 0 Å². The first-order valence-corrected chi connectivity index (χ1v) is 35.4. The molecule has 0 aromatic rings. The van der Waals surface area contributed by atoms with E-state index in [-0.39, 0.29) is 31.1 Å². The molecular weight excluding hydrogens is 1020 g/mol. The first-order chi connectivity index (χ1) is 41.0. The van der Waals surface area contributed by atoms with Crippen molar-refractivity contribution in [3.05, 3.63) is 109 Å². The van der Waals surface area contributed by atoms with Crippen LogP contribution in [0.25, 0.3) is 0 Å². The maximum atomic E-state index is 13.0. The van der Waals surface area contributed by atoms with Gasteiger partial charge >= 0.3 is 17.9 Å². The standard InChI is InChI=1S/C77H132O6/c1-4-7-10-13-16-19-22-25-28-31-33-35-37-38-40-41-43-46-49-52-55-58-61-64-67-70-76(79)82-73-74(72-81-75(78)69-66-63-60-57-54-51-48-45-30-27-24-21-18-15-12-9-6-3)83-77(80)71-68-65-62-59-56-53-50-47-44-42-39-36-34-32-29-26-23-20-17-14-11-8-5-2/h7,9-10,12,16,18-19,21,25,27-28,30,33,35,38,40,43,46,74H,4-6,8,11,13-15,17,20,22-24,26,29,31-32,34,36-37,39,41-42,44-45,47-73H2,1-3H3/b10-7-,12-9-,19-16-,21-18-,28-25-,30-27-,35-33-,40-38-,46-43-. The molecule has 0 aliphatic heterocycles. The monoisotopic (exact) mass is 1150 g/mol.